The van der Waals surface area contributed by atoms with Gasteiger partial charge in [-0.25, -0.2) is 0 Å². The highest BCUT2D eigenvalue weighted by molar-refractivity contribution is 6.16. The molecule has 0 unspecified atom stereocenters. The van der Waals surface area contributed by atoms with E-state index in [2.05, 4.69) is 62.2 Å². The van der Waals surface area contributed by atoms with Crippen molar-refractivity contribution in [3.8, 4) is 22.7 Å². The van der Waals surface area contributed by atoms with Crippen LogP contribution >= 0.6 is 0 Å². The van der Waals surface area contributed by atoms with Crippen LogP contribution in [0.15, 0.2) is 194 Å². The molecule has 4 heterocycles. The van der Waals surface area contributed by atoms with Gasteiger partial charge in [-0.2, -0.15) is 13.2 Å². The molecule has 9 aromatic carbocycles. The summed E-state index contributed by atoms with van der Waals surface area (Å²) in [4.78, 5) is 0. The molecule has 0 bridgehead atoms. The molecule has 7 heteroatoms. The first-order valence-corrected chi connectivity index (χ1v) is 21.1. The second-order valence-corrected chi connectivity index (χ2v) is 16.4. The highest BCUT2D eigenvalue weighted by atomic mass is 19.4. The molecular weight excluding hydrogens is 786 g/mol. The van der Waals surface area contributed by atoms with Crippen LogP contribution < -0.4 is 0 Å². The minimum atomic E-state index is -4.81. The normalized spacial score (nSPS) is 12.4. The van der Waals surface area contributed by atoms with Gasteiger partial charge in [-0.05, 0) is 61.0 Å². The van der Waals surface area contributed by atoms with Crippen LogP contribution in [-0.4, -0.2) is 18.3 Å². The van der Waals surface area contributed by atoms with E-state index in [1.54, 1.807) is 6.92 Å². The van der Waals surface area contributed by atoms with E-state index in [-0.39, 0.29) is 11.3 Å². The summed E-state index contributed by atoms with van der Waals surface area (Å²) in [6.07, 6.45) is -4.81. The Balaban J connectivity index is 1.42. The molecule has 300 valence electrons. The van der Waals surface area contributed by atoms with Crippen molar-refractivity contribution in [2.45, 2.75) is 13.1 Å². The maximum atomic E-state index is 17.1. The predicted octanol–water partition coefficient (Wildman–Crippen LogP) is 15.4. The third-order valence-electron chi connectivity index (χ3n) is 13.1. The number of alkyl halides is 3. The molecule has 13 rings (SSSR count). The van der Waals surface area contributed by atoms with E-state index >= 15 is 13.2 Å². The smallest absolute Gasteiger partial charge is 0.307 e. The van der Waals surface area contributed by atoms with Crippen molar-refractivity contribution in [2.75, 3.05) is 0 Å². The molecule has 4 aromatic heterocycles. The molecule has 0 aliphatic rings. The van der Waals surface area contributed by atoms with Gasteiger partial charge in [-0.1, -0.05) is 146 Å². The van der Waals surface area contributed by atoms with E-state index in [1.165, 1.54) is 0 Å². The lowest BCUT2D eigenvalue weighted by Gasteiger charge is -2.30. The summed E-state index contributed by atoms with van der Waals surface area (Å²) in [5.41, 5.74) is 7.34. The first kappa shape index (κ1) is 35.7. The maximum absolute atomic E-state index is 17.1. The summed E-state index contributed by atoms with van der Waals surface area (Å²) in [6, 6.07) is 64.4. The van der Waals surface area contributed by atoms with Crippen molar-refractivity contribution < 1.29 is 13.2 Å². The van der Waals surface area contributed by atoms with Crippen molar-refractivity contribution in [3.05, 3.63) is 205 Å². The van der Waals surface area contributed by atoms with E-state index in [9.17, 15) is 0 Å². The van der Waals surface area contributed by atoms with Crippen LogP contribution in [0.3, 0.4) is 0 Å². The minimum Gasteiger partial charge on any atom is -0.307 e. The fraction of sp³-hybridized carbons (Fsp3) is 0.0357. The molecule has 0 aliphatic heterocycles. The van der Waals surface area contributed by atoms with Gasteiger partial charge in [0.05, 0.1) is 72.4 Å². The zero-order valence-electron chi connectivity index (χ0n) is 33.9. The molecule has 0 saturated carbocycles. The van der Waals surface area contributed by atoms with E-state index < -0.39 is 11.7 Å². The number of nitrogens with zero attached hydrogens (tertiary/aromatic N) is 4. The van der Waals surface area contributed by atoms with E-state index in [1.807, 2.05) is 150 Å². The van der Waals surface area contributed by atoms with Crippen LogP contribution in [0.2, 0.25) is 0 Å². The van der Waals surface area contributed by atoms with Gasteiger partial charge in [0.1, 0.15) is 0 Å². The fourth-order valence-corrected chi connectivity index (χ4v) is 10.7. The van der Waals surface area contributed by atoms with Crippen LogP contribution in [0.5, 0.6) is 0 Å². The number of hydrogen-bond donors (Lipinski definition) is 0. The first-order valence-electron chi connectivity index (χ1n) is 21.1. The van der Waals surface area contributed by atoms with Gasteiger partial charge in [-0.3, -0.25) is 0 Å². The Bertz CT molecular complexity index is 3830. The summed E-state index contributed by atoms with van der Waals surface area (Å²) < 4.78 is 59.7. The summed E-state index contributed by atoms with van der Waals surface area (Å²) in [6.45, 7) is 1.67. The fourth-order valence-electron chi connectivity index (χ4n) is 10.7. The van der Waals surface area contributed by atoms with Gasteiger partial charge in [0.15, 0.2) is 0 Å². The zero-order valence-corrected chi connectivity index (χ0v) is 33.9. The Morgan fingerprint density at radius 3 is 0.698 bits per heavy atom. The van der Waals surface area contributed by atoms with Crippen LogP contribution in [0.25, 0.3) is 110 Å². The van der Waals surface area contributed by atoms with Crippen LogP contribution in [0.4, 0.5) is 13.2 Å². The summed E-state index contributed by atoms with van der Waals surface area (Å²) in [7, 11) is 0. The molecule has 0 aliphatic carbocycles. The second kappa shape index (κ2) is 13.0. The lowest BCUT2D eigenvalue weighted by molar-refractivity contribution is -0.137. The number of benzene rings is 9. The molecule has 63 heavy (non-hydrogen) atoms. The highest BCUT2D eigenvalue weighted by Crippen LogP contribution is 2.52. The molecule has 0 atom stereocenters. The number of rotatable bonds is 4. The van der Waals surface area contributed by atoms with Crippen molar-refractivity contribution >= 4 is 87.2 Å². The van der Waals surface area contributed by atoms with E-state index in [0.29, 0.717) is 28.1 Å². The minimum absolute atomic E-state index is 0.0604. The third-order valence-corrected chi connectivity index (χ3v) is 13.1. The number of fused-ring (bicyclic) bond motifs is 12. The maximum Gasteiger partial charge on any atom is 0.418 e. The Labute approximate surface area is 358 Å². The van der Waals surface area contributed by atoms with Crippen LogP contribution in [0, 0.1) is 6.92 Å². The lowest BCUT2D eigenvalue weighted by atomic mass is 9.97. The standard InChI is InChI=1S/C56H35F3N4/c1-34-51(56(57,58)59)53(61-45-28-12-4-20-37(45)38-21-5-13-29-46(38)61)55(63-49-32-16-8-24-41(49)42-25-9-17-33-50(42)63)54(62-47-30-14-6-22-39(47)40-23-7-15-31-48(40)62)52(34)60-43-26-10-2-18-35(43)36-19-3-11-27-44(36)60/h2-33H,1H3. The molecule has 13 aromatic rings. The monoisotopic (exact) mass is 820 g/mol. The molecule has 0 saturated heterocycles. The quantitative estimate of drug-likeness (QED) is 0.169. The Hall–Kier alpha value is -8.03. The zero-order chi connectivity index (χ0) is 42.1. The number of hydrogen-bond acceptors (Lipinski definition) is 0. The molecule has 0 fully saturated rings. The third kappa shape index (κ3) is 4.82. The molecule has 0 spiro atoms. The molecular formula is C56H35F3N4. The first-order chi connectivity index (χ1) is 30.9. The highest BCUT2D eigenvalue weighted by Gasteiger charge is 2.43. The van der Waals surface area contributed by atoms with Gasteiger partial charge < -0.3 is 18.3 Å². The van der Waals surface area contributed by atoms with Gasteiger partial charge >= 0.3 is 6.18 Å². The van der Waals surface area contributed by atoms with E-state index in [4.69, 9.17) is 0 Å². The second-order valence-electron chi connectivity index (χ2n) is 16.4. The molecule has 4 nitrogen and oxygen atoms in total. The van der Waals surface area contributed by atoms with Crippen molar-refractivity contribution in [2.24, 2.45) is 0 Å². The number of aromatic nitrogens is 4. The SMILES string of the molecule is Cc1c(-n2c3ccccc3c3ccccc32)c(-n2c3ccccc3c3ccccc32)c(-n2c3ccccc3c3ccccc32)c(-n2c3ccccc3c3ccccc32)c1C(F)(F)F. The molecule has 0 radical (unpaired) electrons. The largest absolute Gasteiger partial charge is 0.418 e. The molecule has 0 N–H and O–H groups in total. The predicted molar refractivity (Wildman–Crippen MR) is 254 cm³/mol. The van der Waals surface area contributed by atoms with Crippen molar-refractivity contribution in [1.29, 1.82) is 0 Å². The van der Waals surface area contributed by atoms with Gasteiger partial charge in [0, 0.05) is 43.1 Å². The average molecular weight is 821 g/mol. The lowest BCUT2D eigenvalue weighted by Crippen LogP contribution is -2.21. The number of para-hydroxylation sites is 8. The molecule has 0 amide bonds. The van der Waals surface area contributed by atoms with Crippen molar-refractivity contribution in [1.82, 2.24) is 18.3 Å². The van der Waals surface area contributed by atoms with Crippen LogP contribution in [-0.2, 0) is 6.18 Å². The average Bonchev–Trinajstić information content (AvgIpc) is 4.04. The summed E-state index contributed by atoms with van der Waals surface area (Å²) in [5, 5.41) is 7.56. The Kier molecular flexibility index (Phi) is 7.36. The topological polar surface area (TPSA) is 19.7 Å². The van der Waals surface area contributed by atoms with Gasteiger partial charge in [0.25, 0.3) is 0 Å². The van der Waals surface area contributed by atoms with Crippen molar-refractivity contribution in [3.63, 3.8) is 0 Å². The van der Waals surface area contributed by atoms with E-state index in [0.717, 1.165) is 76.2 Å². The number of halogens is 3. The van der Waals surface area contributed by atoms with Gasteiger partial charge in [0.2, 0.25) is 0 Å². The summed E-state index contributed by atoms with van der Waals surface area (Å²) in [5.74, 6) is 0. The van der Waals surface area contributed by atoms with Gasteiger partial charge in [-0.15, -0.1) is 0 Å². The summed E-state index contributed by atoms with van der Waals surface area (Å²) >= 11 is 0. The Morgan fingerprint density at radius 1 is 0.270 bits per heavy atom. The Morgan fingerprint density at radius 2 is 0.460 bits per heavy atom. The van der Waals surface area contributed by atoms with Crippen LogP contribution in [0.1, 0.15) is 11.1 Å².